The molecule has 0 aliphatic carbocycles. The first kappa shape index (κ1) is 13.4. The molecular formula is C11H16ClNO3. The summed E-state index contributed by atoms with van der Waals surface area (Å²) in [7, 11) is 0. The lowest BCUT2D eigenvalue weighted by atomic mass is 10.00. The van der Waals surface area contributed by atoms with Gasteiger partial charge in [0.2, 0.25) is 0 Å². The molecule has 0 amide bonds. The molecule has 90 valence electrons. The highest BCUT2D eigenvalue weighted by Gasteiger charge is 2.20. The first-order valence-corrected chi connectivity index (χ1v) is 5.43. The van der Waals surface area contributed by atoms with Crippen LogP contribution in [0, 0.1) is 0 Å². The van der Waals surface area contributed by atoms with Gasteiger partial charge in [-0.05, 0) is 30.7 Å². The maximum absolute atomic E-state index is 9.85. The Morgan fingerprint density at radius 1 is 1.31 bits per heavy atom. The van der Waals surface area contributed by atoms with Gasteiger partial charge in [-0.3, -0.25) is 0 Å². The van der Waals surface area contributed by atoms with E-state index in [-0.39, 0.29) is 13.2 Å². The highest BCUT2D eigenvalue weighted by Crippen LogP contribution is 2.27. The highest BCUT2D eigenvalue weighted by molar-refractivity contribution is 6.31. The number of aliphatic hydroxyl groups excluding tert-OH is 3. The van der Waals surface area contributed by atoms with Crippen LogP contribution in [0.1, 0.15) is 23.7 Å². The van der Waals surface area contributed by atoms with E-state index >= 15 is 0 Å². The molecule has 4 nitrogen and oxygen atoms in total. The average Bonchev–Trinajstić information content (AvgIpc) is 2.29. The van der Waals surface area contributed by atoms with Crippen LogP contribution in [-0.2, 0) is 6.61 Å². The predicted molar refractivity (Wildman–Crippen MR) is 62.0 cm³/mol. The summed E-state index contributed by atoms with van der Waals surface area (Å²) in [5.41, 5.74) is 6.34. The molecule has 0 saturated heterocycles. The largest absolute Gasteiger partial charge is 0.392 e. The van der Waals surface area contributed by atoms with E-state index in [1.54, 1.807) is 18.2 Å². The summed E-state index contributed by atoms with van der Waals surface area (Å²) in [5, 5.41) is 28.8. The minimum Gasteiger partial charge on any atom is -0.392 e. The molecule has 0 aliphatic rings. The van der Waals surface area contributed by atoms with E-state index in [2.05, 4.69) is 0 Å². The van der Waals surface area contributed by atoms with E-state index < -0.39 is 12.2 Å². The van der Waals surface area contributed by atoms with Gasteiger partial charge in [-0.1, -0.05) is 17.7 Å². The second-order valence-electron chi connectivity index (χ2n) is 3.60. The first-order chi connectivity index (χ1) is 7.60. The standard InChI is InChI=1S/C11H16ClNO3/c12-9-2-1-7(6-14)5-8(9)11(16)10(15)3-4-13/h1-2,5,10-11,14-16H,3-4,6,13H2. The number of halogens is 1. The van der Waals surface area contributed by atoms with Gasteiger partial charge in [0.15, 0.2) is 0 Å². The van der Waals surface area contributed by atoms with Crippen LogP contribution in [0.25, 0.3) is 0 Å². The summed E-state index contributed by atoms with van der Waals surface area (Å²) in [6.45, 7) is 0.152. The van der Waals surface area contributed by atoms with Crippen LogP contribution >= 0.6 is 11.6 Å². The topological polar surface area (TPSA) is 86.7 Å². The average molecular weight is 246 g/mol. The van der Waals surface area contributed by atoms with Crippen molar-refractivity contribution in [3.05, 3.63) is 34.3 Å². The van der Waals surface area contributed by atoms with Crippen molar-refractivity contribution in [2.75, 3.05) is 6.54 Å². The molecule has 0 spiro atoms. The Hall–Kier alpha value is -0.650. The van der Waals surface area contributed by atoms with Crippen molar-refractivity contribution < 1.29 is 15.3 Å². The summed E-state index contributed by atoms with van der Waals surface area (Å²) in [5.74, 6) is 0. The van der Waals surface area contributed by atoms with Crippen LogP contribution in [-0.4, -0.2) is 28.0 Å². The van der Waals surface area contributed by atoms with Crippen LogP contribution in [0.5, 0.6) is 0 Å². The molecule has 0 heterocycles. The Morgan fingerprint density at radius 2 is 2.00 bits per heavy atom. The van der Waals surface area contributed by atoms with Crippen molar-refractivity contribution in [3.63, 3.8) is 0 Å². The van der Waals surface area contributed by atoms with E-state index in [0.29, 0.717) is 22.6 Å². The van der Waals surface area contributed by atoms with Crippen molar-refractivity contribution in [2.24, 2.45) is 5.73 Å². The monoisotopic (exact) mass is 245 g/mol. The summed E-state index contributed by atoms with van der Waals surface area (Å²) in [4.78, 5) is 0. The third-order valence-corrected chi connectivity index (χ3v) is 2.73. The Morgan fingerprint density at radius 3 is 2.56 bits per heavy atom. The van der Waals surface area contributed by atoms with Gasteiger partial charge in [0.1, 0.15) is 6.10 Å². The van der Waals surface area contributed by atoms with Gasteiger partial charge >= 0.3 is 0 Å². The number of hydrogen-bond acceptors (Lipinski definition) is 4. The van der Waals surface area contributed by atoms with Gasteiger partial charge in [0.25, 0.3) is 0 Å². The summed E-state index contributed by atoms with van der Waals surface area (Å²) < 4.78 is 0. The Labute approximate surface area is 99.3 Å². The molecule has 0 aromatic heterocycles. The molecular weight excluding hydrogens is 230 g/mol. The second kappa shape index (κ2) is 6.18. The van der Waals surface area contributed by atoms with Gasteiger partial charge in [0.05, 0.1) is 12.7 Å². The molecule has 0 aliphatic heterocycles. The molecule has 0 radical (unpaired) electrons. The lowest BCUT2D eigenvalue weighted by Crippen LogP contribution is -2.22. The van der Waals surface area contributed by atoms with Gasteiger partial charge < -0.3 is 21.1 Å². The van der Waals surface area contributed by atoms with Crippen LogP contribution in [0.3, 0.4) is 0 Å². The SMILES string of the molecule is NCCC(O)C(O)c1cc(CO)ccc1Cl. The number of rotatable bonds is 5. The maximum atomic E-state index is 9.85. The zero-order valence-electron chi connectivity index (χ0n) is 8.81. The molecule has 1 rings (SSSR count). The fourth-order valence-corrected chi connectivity index (χ4v) is 1.68. The van der Waals surface area contributed by atoms with Gasteiger partial charge in [-0.15, -0.1) is 0 Å². The molecule has 1 aromatic carbocycles. The van der Waals surface area contributed by atoms with E-state index in [0.717, 1.165) is 0 Å². The van der Waals surface area contributed by atoms with Crippen molar-refractivity contribution in [2.45, 2.75) is 25.2 Å². The summed E-state index contributed by atoms with van der Waals surface area (Å²) in [6.07, 6.45) is -1.74. The van der Waals surface area contributed by atoms with Crippen molar-refractivity contribution >= 4 is 11.6 Å². The molecule has 16 heavy (non-hydrogen) atoms. The lowest BCUT2D eigenvalue weighted by molar-refractivity contribution is 0.0150. The molecule has 5 heteroatoms. The van der Waals surface area contributed by atoms with E-state index in [4.69, 9.17) is 22.4 Å². The van der Waals surface area contributed by atoms with Crippen molar-refractivity contribution in [1.82, 2.24) is 0 Å². The Kier molecular flexibility index (Phi) is 5.18. The maximum Gasteiger partial charge on any atom is 0.106 e. The highest BCUT2D eigenvalue weighted by atomic mass is 35.5. The molecule has 2 atom stereocenters. The number of aliphatic hydroxyl groups is 3. The lowest BCUT2D eigenvalue weighted by Gasteiger charge is -2.19. The van der Waals surface area contributed by atoms with Crippen LogP contribution in [0.2, 0.25) is 5.02 Å². The van der Waals surface area contributed by atoms with Gasteiger partial charge in [-0.25, -0.2) is 0 Å². The normalized spacial score (nSPS) is 14.8. The Bertz CT molecular complexity index is 346. The van der Waals surface area contributed by atoms with Crippen LogP contribution < -0.4 is 5.73 Å². The zero-order chi connectivity index (χ0) is 12.1. The summed E-state index contributed by atoms with van der Waals surface area (Å²) in [6, 6.07) is 4.82. The third-order valence-electron chi connectivity index (χ3n) is 2.39. The first-order valence-electron chi connectivity index (χ1n) is 5.05. The van der Waals surface area contributed by atoms with Crippen LogP contribution in [0.4, 0.5) is 0 Å². The minimum atomic E-state index is -1.08. The predicted octanol–water partition coefficient (Wildman–Crippen LogP) is 0.575. The molecule has 0 fully saturated rings. The van der Waals surface area contributed by atoms with E-state index in [9.17, 15) is 10.2 Å². The number of benzene rings is 1. The zero-order valence-corrected chi connectivity index (χ0v) is 9.56. The fourth-order valence-electron chi connectivity index (χ4n) is 1.45. The quantitative estimate of drug-likeness (QED) is 0.611. The molecule has 5 N–H and O–H groups in total. The van der Waals surface area contributed by atoms with Crippen molar-refractivity contribution in [3.8, 4) is 0 Å². The van der Waals surface area contributed by atoms with Gasteiger partial charge in [-0.2, -0.15) is 0 Å². The smallest absolute Gasteiger partial charge is 0.106 e. The molecule has 0 bridgehead atoms. The molecule has 1 aromatic rings. The second-order valence-corrected chi connectivity index (χ2v) is 4.01. The minimum absolute atomic E-state index is 0.135. The Balaban J connectivity index is 2.92. The fraction of sp³-hybridized carbons (Fsp3) is 0.455. The van der Waals surface area contributed by atoms with E-state index in [1.807, 2.05) is 0 Å². The van der Waals surface area contributed by atoms with Crippen molar-refractivity contribution in [1.29, 1.82) is 0 Å². The number of nitrogens with two attached hydrogens (primary N) is 1. The molecule has 2 unspecified atom stereocenters. The summed E-state index contributed by atoms with van der Waals surface area (Å²) >= 11 is 5.91. The molecule has 0 saturated carbocycles. The van der Waals surface area contributed by atoms with Gasteiger partial charge in [0, 0.05) is 10.6 Å². The van der Waals surface area contributed by atoms with E-state index in [1.165, 1.54) is 0 Å². The van der Waals surface area contributed by atoms with Crippen LogP contribution in [0.15, 0.2) is 18.2 Å². The number of hydrogen-bond donors (Lipinski definition) is 4. The third kappa shape index (κ3) is 3.17.